The molecular formula is C19H13ClO. The second kappa shape index (κ2) is 4.94. The fourth-order valence-electron chi connectivity index (χ4n) is 2.85. The number of benzene rings is 3. The van der Waals surface area contributed by atoms with Crippen LogP contribution in [-0.2, 0) is 6.42 Å². The third-order valence-electron chi connectivity index (χ3n) is 3.85. The van der Waals surface area contributed by atoms with E-state index in [-0.39, 0.29) is 0 Å². The van der Waals surface area contributed by atoms with Gasteiger partial charge in [-0.05, 0) is 40.5 Å². The van der Waals surface area contributed by atoms with Gasteiger partial charge in [0.1, 0.15) is 11.5 Å². The first-order chi connectivity index (χ1) is 10.3. The number of fused-ring (bicyclic) bond motifs is 3. The van der Waals surface area contributed by atoms with E-state index in [1.807, 2.05) is 36.4 Å². The zero-order valence-corrected chi connectivity index (χ0v) is 12.1. The normalized spacial score (nSPS) is 11.9. The lowest BCUT2D eigenvalue weighted by Gasteiger charge is -2.11. The second-order valence-corrected chi connectivity index (χ2v) is 5.53. The van der Waals surface area contributed by atoms with Crippen LogP contribution in [-0.4, -0.2) is 0 Å². The number of halogens is 1. The first kappa shape index (κ1) is 12.5. The molecule has 0 bridgehead atoms. The molecule has 0 aromatic heterocycles. The van der Waals surface area contributed by atoms with Crippen molar-refractivity contribution in [1.82, 2.24) is 0 Å². The highest BCUT2D eigenvalue weighted by Crippen LogP contribution is 2.44. The molecule has 0 saturated heterocycles. The van der Waals surface area contributed by atoms with Crippen molar-refractivity contribution in [1.29, 1.82) is 0 Å². The number of ether oxygens (including phenoxy) is 1. The van der Waals surface area contributed by atoms with Crippen molar-refractivity contribution in [3.05, 3.63) is 82.9 Å². The van der Waals surface area contributed by atoms with Gasteiger partial charge in [-0.25, -0.2) is 0 Å². The molecule has 2 heteroatoms. The van der Waals surface area contributed by atoms with Crippen LogP contribution in [0.15, 0.2) is 66.7 Å². The second-order valence-electron chi connectivity index (χ2n) is 5.15. The monoisotopic (exact) mass is 292 g/mol. The van der Waals surface area contributed by atoms with Gasteiger partial charge < -0.3 is 4.74 Å². The van der Waals surface area contributed by atoms with E-state index in [0.717, 1.165) is 23.5 Å². The van der Waals surface area contributed by atoms with Crippen LogP contribution >= 0.6 is 11.6 Å². The average Bonchev–Trinajstić information content (AvgIpc) is 2.91. The van der Waals surface area contributed by atoms with Crippen molar-refractivity contribution in [3.63, 3.8) is 0 Å². The van der Waals surface area contributed by atoms with Crippen LogP contribution in [0.5, 0.6) is 11.5 Å². The van der Waals surface area contributed by atoms with Gasteiger partial charge in [0.05, 0.1) is 5.02 Å². The molecule has 4 rings (SSSR count). The molecule has 3 aromatic rings. The zero-order valence-electron chi connectivity index (χ0n) is 11.3. The highest BCUT2D eigenvalue weighted by Gasteiger charge is 2.22. The molecule has 3 aromatic carbocycles. The summed E-state index contributed by atoms with van der Waals surface area (Å²) in [7, 11) is 0. The Morgan fingerprint density at radius 2 is 1.52 bits per heavy atom. The maximum absolute atomic E-state index is 6.57. The summed E-state index contributed by atoms with van der Waals surface area (Å²) in [6, 6.07) is 22.2. The maximum atomic E-state index is 6.57. The molecule has 0 spiro atoms. The number of hydrogen-bond donors (Lipinski definition) is 0. The summed E-state index contributed by atoms with van der Waals surface area (Å²) >= 11 is 6.57. The van der Waals surface area contributed by atoms with Crippen LogP contribution < -0.4 is 4.74 Å². The van der Waals surface area contributed by atoms with Crippen LogP contribution in [0, 0.1) is 0 Å². The molecule has 1 nitrogen and oxygen atoms in total. The summed E-state index contributed by atoms with van der Waals surface area (Å²) in [5.74, 6) is 1.52. The third kappa shape index (κ3) is 2.10. The standard InChI is InChI=1S/C19H13ClO/c20-19-17-12-13-6-4-5-9-15(13)16(17)10-11-18(19)21-14-7-2-1-3-8-14/h1-11H,12H2. The molecule has 102 valence electrons. The van der Waals surface area contributed by atoms with E-state index in [4.69, 9.17) is 16.3 Å². The summed E-state index contributed by atoms with van der Waals surface area (Å²) in [5.41, 5.74) is 4.98. The van der Waals surface area contributed by atoms with Crippen molar-refractivity contribution in [2.75, 3.05) is 0 Å². The first-order valence-corrected chi connectivity index (χ1v) is 7.33. The van der Waals surface area contributed by atoms with Crippen LogP contribution in [0.25, 0.3) is 11.1 Å². The van der Waals surface area contributed by atoms with Crippen molar-refractivity contribution in [2.24, 2.45) is 0 Å². The minimum Gasteiger partial charge on any atom is -0.456 e. The highest BCUT2D eigenvalue weighted by molar-refractivity contribution is 6.33. The lowest BCUT2D eigenvalue weighted by molar-refractivity contribution is 0.482. The zero-order chi connectivity index (χ0) is 14.2. The van der Waals surface area contributed by atoms with Crippen molar-refractivity contribution in [2.45, 2.75) is 6.42 Å². The average molecular weight is 293 g/mol. The van der Waals surface area contributed by atoms with E-state index >= 15 is 0 Å². The van der Waals surface area contributed by atoms with Gasteiger partial charge in [-0.1, -0.05) is 60.1 Å². The number of rotatable bonds is 2. The molecular weight excluding hydrogens is 280 g/mol. The Balaban J connectivity index is 1.76. The lowest BCUT2D eigenvalue weighted by atomic mass is 10.1. The Morgan fingerprint density at radius 3 is 2.38 bits per heavy atom. The molecule has 0 saturated carbocycles. The van der Waals surface area contributed by atoms with Crippen molar-refractivity contribution >= 4 is 11.6 Å². The van der Waals surface area contributed by atoms with E-state index in [0.29, 0.717) is 5.02 Å². The topological polar surface area (TPSA) is 9.23 Å². The predicted octanol–water partition coefficient (Wildman–Crippen LogP) is 5.70. The van der Waals surface area contributed by atoms with Gasteiger partial charge in [0.15, 0.2) is 0 Å². The van der Waals surface area contributed by atoms with Gasteiger partial charge in [0.25, 0.3) is 0 Å². The van der Waals surface area contributed by atoms with E-state index in [9.17, 15) is 0 Å². The largest absolute Gasteiger partial charge is 0.456 e. The lowest BCUT2D eigenvalue weighted by Crippen LogP contribution is -1.89. The molecule has 1 aliphatic carbocycles. The Kier molecular flexibility index (Phi) is 2.94. The molecule has 0 N–H and O–H groups in total. The molecule has 1 aliphatic rings. The molecule has 0 unspecified atom stereocenters. The van der Waals surface area contributed by atoms with E-state index in [2.05, 4.69) is 30.3 Å². The van der Waals surface area contributed by atoms with Gasteiger partial charge in [0.2, 0.25) is 0 Å². The van der Waals surface area contributed by atoms with Gasteiger partial charge in [0, 0.05) is 6.42 Å². The van der Waals surface area contributed by atoms with E-state index in [1.165, 1.54) is 16.7 Å². The third-order valence-corrected chi connectivity index (χ3v) is 4.27. The predicted molar refractivity (Wildman–Crippen MR) is 86.2 cm³/mol. The van der Waals surface area contributed by atoms with Gasteiger partial charge in [-0.15, -0.1) is 0 Å². The summed E-state index contributed by atoms with van der Waals surface area (Å²) in [4.78, 5) is 0. The van der Waals surface area contributed by atoms with Crippen molar-refractivity contribution in [3.8, 4) is 22.6 Å². The molecule has 0 fully saturated rings. The van der Waals surface area contributed by atoms with E-state index < -0.39 is 0 Å². The molecule has 0 heterocycles. The highest BCUT2D eigenvalue weighted by atomic mass is 35.5. The summed E-state index contributed by atoms with van der Waals surface area (Å²) < 4.78 is 5.90. The SMILES string of the molecule is Clc1c(Oc2ccccc2)ccc2c1Cc1ccccc1-2. The number of hydrogen-bond acceptors (Lipinski definition) is 1. The Bertz CT molecular complexity index is 809. The Hall–Kier alpha value is -2.25. The molecule has 0 amide bonds. The summed E-state index contributed by atoms with van der Waals surface area (Å²) in [6.45, 7) is 0. The van der Waals surface area contributed by atoms with E-state index in [1.54, 1.807) is 0 Å². The van der Waals surface area contributed by atoms with Gasteiger partial charge >= 0.3 is 0 Å². The smallest absolute Gasteiger partial charge is 0.146 e. The fraction of sp³-hybridized carbons (Fsp3) is 0.0526. The molecule has 21 heavy (non-hydrogen) atoms. The van der Waals surface area contributed by atoms with Gasteiger partial charge in [-0.3, -0.25) is 0 Å². The fourth-order valence-corrected chi connectivity index (χ4v) is 3.12. The summed E-state index contributed by atoms with van der Waals surface area (Å²) in [5, 5.41) is 0.715. The first-order valence-electron chi connectivity index (χ1n) is 6.95. The molecule has 0 aliphatic heterocycles. The molecule has 0 atom stereocenters. The van der Waals surface area contributed by atoms with Crippen molar-refractivity contribution < 1.29 is 4.74 Å². The van der Waals surface area contributed by atoms with Crippen LogP contribution in [0.2, 0.25) is 5.02 Å². The van der Waals surface area contributed by atoms with Crippen LogP contribution in [0.3, 0.4) is 0 Å². The quantitative estimate of drug-likeness (QED) is 0.460. The maximum Gasteiger partial charge on any atom is 0.146 e. The molecule has 0 radical (unpaired) electrons. The van der Waals surface area contributed by atoms with Crippen LogP contribution in [0.4, 0.5) is 0 Å². The van der Waals surface area contributed by atoms with Crippen LogP contribution in [0.1, 0.15) is 11.1 Å². The minimum absolute atomic E-state index is 0.715. The minimum atomic E-state index is 0.715. The Labute approximate surface area is 128 Å². The summed E-state index contributed by atoms with van der Waals surface area (Å²) in [6.07, 6.45) is 0.871. The number of para-hydroxylation sites is 1. The Morgan fingerprint density at radius 1 is 0.762 bits per heavy atom. The van der Waals surface area contributed by atoms with Gasteiger partial charge in [-0.2, -0.15) is 0 Å².